The van der Waals surface area contributed by atoms with Crippen LogP contribution in [0.15, 0.2) is 40.9 Å². The van der Waals surface area contributed by atoms with Gasteiger partial charge in [-0.05, 0) is 49.1 Å². The molecule has 0 heterocycles. The SMILES string of the molecule is Cc1ccc(C(NN)c2ccc(C)cc2Br)c(C)c1. The fourth-order valence-corrected chi connectivity index (χ4v) is 3.09. The molecule has 0 aromatic heterocycles. The first-order valence-corrected chi connectivity index (χ1v) is 7.11. The van der Waals surface area contributed by atoms with E-state index in [-0.39, 0.29) is 6.04 Å². The van der Waals surface area contributed by atoms with E-state index in [2.05, 4.69) is 78.5 Å². The normalized spacial score (nSPS) is 12.5. The molecule has 0 fully saturated rings. The summed E-state index contributed by atoms with van der Waals surface area (Å²) in [6, 6.07) is 12.8. The minimum atomic E-state index is -0.00410. The van der Waals surface area contributed by atoms with Crippen molar-refractivity contribution in [3.63, 3.8) is 0 Å². The molecule has 0 aliphatic carbocycles. The molecule has 3 N–H and O–H groups in total. The van der Waals surface area contributed by atoms with Gasteiger partial charge >= 0.3 is 0 Å². The molecule has 0 radical (unpaired) electrons. The van der Waals surface area contributed by atoms with Crippen molar-refractivity contribution < 1.29 is 0 Å². The Morgan fingerprint density at radius 1 is 0.947 bits per heavy atom. The van der Waals surface area contributed by atoms with Gasteiger partial charge in [-0.25, -0.2) is 5.43 Å². The smallest absolute Gasteiger partial charge is 0.0723 e. The Morgan fingerprint density at radius 2 is 1.53 bits per heavy atom. The molecule has 0 aliphatic heterocycles. The molecular weight excluding hydrogens is 300 g/mol. The number of benzene rings is 2. The molecule has 100 valence electrons. The second-order valence-corrected chi connectivity index (χ2v) is 5.84. The lowest BCUT2D eigenvalue weighted by molar-refractivity contribution is 0.631. The highest BCUT2D eigenvalue weighted by Gasteiger charge is 2.17. The summed E-state index contributed by atoms with van der Waals surface area (Å²) in [5.41, 5.74) is 9.02. The third kappa shape index (κ3) is 3.06. The van der Waals surface area contributed by atoms with Crippen molar-refractivity contribution in [1.82, 2.24) is 5.43 Å². The van der Waals surface area contributed by atoms with Crippen LogP contribution in [0, 0.1) is 20.8 Å². The average Bonchev–Trinajstić information content (AvgIpc) is 2.34. The van der Waals surface area contributed by atoms with Crippen molar-refractivity contribution >= 4 is 15.9 Å². The number of hydrogen-bond acceptors (Lipinski definition) is 2. The maximum absolute atomic E-state index is 5.78. The van der Waals surface area contributed by atoms with Crippen molar-refractivity contribution in [2.75, 3.05) is 0 Å². The number of nitrogens with one attached hydrogen (secondary N) is 1. The lowest BCUT2D eigenvalue weighted by atomic mass is 9.94. The van der Waals surface area contributed by atoms with E-state index in [1.165, 1.54) is 22.3 Å². The first-order valence-electron chi connectivity index (χ1n) is 6.32. The molecule has 2 rings (SSSR count). The van der Waals surface area contributed by atoms with Crippen LogP contribution in [-0.4, -0.2) is 0 Å². The molecular formula is C16H19BrN2. The topological polar surface area (TPSA) is 38.0 Å². The van der Waals surface area contributed by atoms with E-state index < -0.39 is 0 Å². The molecule has 0 spiro atoms. The Morgan fingerprint density at radius 3 is 2.05 bits per heavy atom. The van der Waals surface area contributed by atoms with E-state index >= 15 is 0 Å². The molecule has 0 saturated carbocycles. The van der Waals surface area contributed by atoms with Gasteiger partial charge in [0.15, 0.2) is 0 Å². The Labute approximate surface area is 123 Å². The molecule has 2 aromatic rings. The average molecular weight is 319 g/mol. The molecule has 0 saturated heterocycles. The quantitative estimate of drug-likeness (QED) is 0.664. The summed E-state index contributed by atoms with van der Waals surface area (Å²) in [5.74, 6) is 5.78. The number of rotatable bonds is 3. The number of aryl methyl sites for hydroxylation is 3. The lowest BCUT2D eigenvalue weighted by Gasteiger charge is -2.21. The van der Waals surface area contributed by atoms with Gasteiger partial charge in [-0.2, -0.15) is 0 Å². The zero-order valence-electron chi connectivity index (χ0n) is 11.5. The molecule has 19 heavy (non-hydrogen) atoms. The minimum absolute atomic E-state index is 0.00410. The number of halogens is 1. The highest BCUT2D eigenvalue weighted by atomic mass is 79.9. The second kappa shape index (κ2) is 5.87. The summed E-state index contributed by atoms with van der Waals surface area (Å²) < 4.78 is 1.08. The van der Waals surface area contributed by atoms with Crippen LogP contribution < -0.4 is 11.3 Å². The predicted octanol–water partition coefficient (Wildman–Crippen LogP) is 3.93. The third-order valence-corrected chi connectivity index (χ3v) is 4.06. The van der Waals surface area contributed by atoms with Crippen LogP contribution in [0.25, 0.3) is 0 Å². The molecule has 0 bridgehead atoms. The van der Waals surface area contributed by atoms with Gasteiger partial charge in [0.05, 0.1) is 6.04 Å². The van der Waals surface area contributed by atoms with E-state index in [1.54, 1.807) is 0 Å². The van der Waals surface area contributed by atoms with Gasteiger partial charge in [0.2, 0.25) is 0 Å². The maximum atomic E-state index is 5.78. The predicted molar refractivity (Wildman–Crippen MR) is 84.0 cm³/mol. The van der Waals surface area contributed by atoms with Crippen molar-refractivity contribution in [3.8, 4) is 0 Å². The molecule has 0 amide bonds. The Bertz CT molecular complexity index is 542. The Kier molecular flexibility index (Phi) is 4.40. The van der Waals surface area contributed by atoms with Crippen LogP contribution >= 0.6 is 15.9 Å². The maximum Gasteiger partial charge on any atom is 0.0723 e. The first kappa shape index (κ1) is 14.3. The van der Waals surface area contributed by atoms with Crippen molar-refractivity contribution in [2.45, 2.75) is 26.8 Å². The van der Waals surface area contributed by atoms with Gasteiger partial charge in [-0.15, -0.1) is 0 Å². The fraction of sp³-hybridized carbons (Fsp3) is 0.250. The van der Waals surface area contributed by atoms with Gasteiger partial charge in [0.25, 0.3) is 0 Å². The van der Waals surface area contributed by atoms with Crippen molar-refractivity contribution in [2.24, 2.45) is 5.84 Å². The van der Waals surface area contributed by atoms with Crippen LogP contribution in [-0.2, 0) is 0 Å². The summed E-state index contributed by atoms with van der Waals surface area (Å²) in [7, 11) is 0. The van der Waals surface area contributed by atoms with E-state index in [9.17, 15) is 0 Å². The van der Waals surface area contributed by atoms with Gasteiger partial charge in [-0.3, -0.25) is 5.84 Å². The Balaban J connectivity index is 2.50. The van der Waals surface area contributed by atoms with Crippen molar-refractivity contribution in [3.05, 3.63) is 68.7 Å². The number of hydrogen-bond donors (Lipinski definition) is 2. The standard InChI is InChI=1S/C16H19BrN2/c1-10-4-6-13(12(3)8-10)16(19-18)14-7-5-11(2)9-15(14)17/h4-9,16,19H,18H2,1-3H3. The molecule has 2 nitrogen and oxygen atoms in total. The van der Waals surface area contributed by atoms with E-state index in [0.29, 0.717) is 0 Å². The van der Waals surface area contributed by atoms with Gasteiger partial charge < -0.3 is 0 Å². The fourth-order valence-electron chi connectivity index (χ4n) is 2.36. The zero-order valence-corrected chi connectivity index (χ0v) is 13.1. The first-order chi connectivity index (χ1) is 9.02. The highest BCUT2D eigenvalue weighted by molar-refractivity contribution is 9.10. The molecule has 0 aliphatic rings. The van der Waals surface area contributed by atoms with Crippen LogP contribution in [0.3, 0.4) is 0 Å². The molecule has 3 heteroatoms. The van der Waals surface area contributed by atoms with Crippen LogP contribution in [0.1, 0.15) is 33.9 Å². The molecule has 2 aromatic carbocycles. The molecule has 1 unspecified atom stereocenters. The van der Waals surface area contributed by atoms with Crippen LogP contribution in [0.4, 0.5) is 0 Å². The zero-order chi connectivity index (χ0) is 14.0. The van der Waals surface area contributed by atoms with E-state index in [0.717, 1.165) is 10.0 Å². The monoisotopic (exact) mass is 318 g/mol. The summed E-state index contributed by atoms with van der Waals surface area (Å²) in [4.78, 5) is 0. The second-order valence-electron chi connectivity index (χ2n) is 4.98. The minimum Gasteiger partial charge on any atom is -0.271 e. The van der Waals surface area contributed by atoms with Gasteiger partial charge in [-0.1, -0.05) is 51.8 Å². The van der Waals surface area contributed by atoms with Crippen molar-refractivity contribution in [1.29, 1.82) is 0 Å². The largest absolute Gasteiger partial charge is 0.271 e. The number of hydrazine groups is 1. The summed E-state index contributed by atoms with van der Waals surface area (Å²) in [5, 5.41) is 0. The summed E-state index contributed by atoms with van der Waals surface area (Å²) in [6.45, 7) is 6.30. The third-order valence-electron chi connectivity index (χ3n) is 3.37. The lowest BCUT2D eigenvalue weighted by Crippen LogP contribution is -2.29. The Hall–Kier alpha value is -1.16. The van der Waals surface area contributed by atoms with Gasteiger partial charge in [0, 0.05) is 4.47 Å². The number of nitrogens with two attached hydrogens (primary N) is 1. The van der Waals surface area contributed by atoms with Gasteiger partial charge in [0.1, 0.15) is 0 Å². The molecule has 1 atom stereocenters. The van der Waals surface area contributed by atoms with Crippen LogP contribution in [0.5, 0.6) is 0 Å². The highest BCUT2D eigenvalue weighted by Crippen LogP contribution is 2.30. The van der Waals surface area contributed by atoms with E-state index in [4.69, 9.17) is 5.84 Å². The van der Waals surface area contributed by atoms with E-state index in [1.807, 2.05) is 0 Å². The summed E-state index contributed by atoms with van der Waals surface area (Å²) in [6.07, 6.45) is 0. The van der Waals surface area contributed by atoms with Crippen LogP contribution in [0.2, 0.25) is 0 Å². The summed E-state index contributed by atoms with van der Waals surface area (Å²) >= 11 is 3.63.